The van der Waals surface area contributed by atoms with Crippen molar-refractivity contribution in [3.05, 3.63) is 30.1 Å². The zero-order valence-corrected chi connectivity index (χ0v) is 19.8. The van der Waals surface area contributed by atoms with Crippen molar-refractivity contribution in [3.8, 4) is 0 Å². The van der Waals surface area contributed by atoms with E-state index in [1.807, 2.05) is 13.1 Å². The number of rotatable bonds is 6. The van der Waals surface area contributed by atoms with E-state index in [0.717, 1.165) is 63.0 Å². The molecule has 1 aliphatic heterocycles. The number of aromatic nitrogens is 2. The third kappa shape index (κ3) is 5.81. The second kappa shape index (κ2) is 11.0. The number of nitrogens with zero attached hydrogens (tertiary/aromatic N) is 5. The Labute approximate surface area is 185 Å². The Bertz CT molecular complexity index is 773. The highest BCUT2D eigenvalue weighted by Gasteiger charge is 2.21. The average molecular weight is 499 g/mol. The summed E-state index contributed by atoms with van der Waals surface area (Å²) >= 11 is 0. The Morgan fingerprint density at radius 2 is 2.00 bits per heavy atom. The Morgan fingerprint density at radius 3 is 2.79 bits per heavy atom. The lowest BCUT2D eigenvalue weighted by molar-refractivity contribution is 0.116. The molecule has 0 spiro atoms. The van der Waals surface area contributed by atoms with E-state index in [1.165, 1.54) is 5.52 Å². The summed E-state index contributed by atoms with van der Waals surface area (Å²) < 4.78 is 2.29. The number of aliphatic imine (C=N–C) groups is 1. The molecule has 28 heavy (non-hydrogen) atoms. The molecule has 0 saturated carbocycles. The summed E-state index contributed by atoms with van der Waals surface area (Å²) in [7, 11) is 6.22. The van der Waals surface area contributed by atoms with Crippen LogP contribution in [0.5, 0.6) is 0 Å². The Hall–Kier alpha value is -1.39. The lowest BCUT2D eigenvalue weighted by Gasteiger charge is -2.37. The highest BCUT2D eigenvalue weighted by atomic mass is 127. The molecule has 0 aliphatic carbocycles. The third-order valence-corrected chi connectivity index (χ3v) is 5.41. The number of hydrogen-bond acceptors (Lipinski definition) is 4. The van der Waals surface area contributed by atoms with Crippen LogP contribution in [0.4, 0.5) is 0 Å². The van der Waals surface area contributed by atoms with Gasteiger partial charge in [-0.05, 0) is 39.6 Å². The molecule has 2 N–H and O–H groups in total. The van der Waals surface area contributed by atoms with Gasteiger partial charge in [0.2, 0.25) is 0 Å². The predicted octanol–water partition coefficient (Wildman–Crippen LogP) is 1.76. The minimum atomic E-state index is 0. The minimum Gasteiger partial charge on any atom is -0.356 e. The van der Waals surface area contributed by atoms with Crippen LogP contribution in [0.2, 0.25) is 0 Å². The number of piperazine rings is 1. The molecule has 2 aromatic rings. The van der Waals surface area contributed by atoms with Crippen molar-refractivity contribution in [3.63, 3.8) is 0 Å². The number of likely N-dealkylation sites (N-methyl/N-ethyl adjacent to an activating group) is 2. The molecule has 8 heteroatoms. The molecule has 0 amide bonds. The van der Waals surface area contributed by atoms with Crippen molar-refractivity contribution in [2.24, 2.45) is 4.99 Å². The number of aryl methyl sites for hydroxylation is 2. The summed E-state index contributed by atoms with van der Waals surface area (Å²) in [5.74, 6) is 1.95. The summed E-state index contributed by atoms with van der Waals surface area (Å²) in [5, 5.41) is 6.91. The van der Waals surface area contributed by atoms with Gasteiger partial charge in [0.05, 0.1) is 11.0 Å². The molecular formula is C20H34IN7. The molecule has 0 radical (unpaired) electrons. The number of guanidine groups is 1. The summed E-state index contributed by atoms with van der Waals surface area (Å²) in [5.41, 5.74) is 2.28. The number of imidazole rings is 1. The van der Waals surface area contributed by atoms with Crippen LogP contribution in [-0.4, -0.2) is 85.2 Å². The van der Waals surface area contributed by atoms with E-state index in [4.69, 9.17) is 0 Å². The van der Waals surface area contributed by atoms with Crippen LogP contribution >= 0.6 is 24.0 Å². The van der Waals surface area contributed by atoms with Crippen molar-refractivity contribution in [2.75, 3.05) is 53.9 Å². The second-order valence-corrected chi connectivity index (χ2v) is 7.43. The summed E-state index contributed by atoms with van der Waals surface area (Å²) in [6.45, 7) is 8.17. The summed E-state index contributed by atoms with van der Waals surface area (Å²) in [6.07, 6.45) is 1.02. The topological polar surface area (TPSA) is 60.7 Å². The molecule has 1 aliphatic rings. The molecule has 7 nitrogen and oxygen atoms in total. The molecule has 1 fully saturated rings. The lowest BCUT2D eigenvalue weighted by Crippen LogP contribution is -2.55. The zero-order chi connectivity index (χ0) is 19.2. The van der Waals surface area contributed by atoms with Crippen LogP contribution in [0, 0.1) is 6.92 Å². The monoisotopic (exact) mass is 499 g/mol. The van der Waals surface area contributed by atoms with Crippen LogP contribution in [0.3, 0.4) is 0 Å². The molecule has 1 saturated heterocycles. The van der Waals surface area contributed by atoms with Gasteiger partial charge in [0, 0.05) is 52.4 Å². The molecule has 2 heterocycles. The first-order valence-electron chi connectivity index (χ1n) is 9.83. The van der Waals surface area contributed by atoms with Gasteiger partial charge in [-0.15, -0.1) is 24.0 Å². The van der Waals surface area contributed by atoms with Crippen LogP contribution in [0.1, 0.15) is 12.2 Å². The van der Waals surface area contributed by atoms with Crippen molar-refractivity contribution >= 4 is 41.0 Å². The Kier molecular flexibility index (Phi) is 8.97. The van der Waals surface area contributed by atoms with Crippen LogP contribution < -0.4 is 10.6 Å². The molecule has 156 valence electrons. The molecule has 1 atom stereocenters. The SMILES string of the molecule is CN=C(NCCCn1c(C)nc2ccccc21)NCC1CN(C)CCN1C.I. The number of hydrogen-bond donors (Lipinski definition) is 2. The van der Waals surface area contributed by atoms with Gasteiger partial charge >= 0.3 is 0 Å². The summed E-state index contributed by atoms with van der Waals surface area (Å²) in [4.78, 5) is 13.8. The maximum absolute atomic E-state index is 4.64. The minimum absolute atomic E-state index is 0. The van der Waals surface area contributed by atoms with E-state index in [0.29, 0.717) is 6.04 Å². The van der Waals surface area contributed by atoms with E-state index in [2.05, 4.69) is 74.2 Å². The fourth-order valence-corrected chi connectivity index (χ4v) is 3.68. The molecule has 1 aromatic carbocycles. The quantitative estimate of drug-likeness (QED) is 0.275. The van der Waals surface area contributed by atoms with Crippen molar-refractivity contribution < 1.29 is 0 Å². The van der Waals surface area contributed by atoms with E-state index >= 15 is 0 Å². The highest BCUT2D eigenvalue weighted by molar-refractivity contribution is 14.0. The predicted molar refractivity (Wildman–Crippen MR) is 128 cm³/mol. The fraction of sp³-hybridized carbons (Fsp3) is 0.600. The summed E-state index contributed by atoms with van der Waals surface area (Å²) in [6, 6.07) is 8.84. The fourth-order valence-electron chi connectivity index (χ4n) is 3.68. The van der Waals surface area contributed by atoms with Crippen LogP contribution in [-0.2, 0) is 6.54 Å². The number of para-hydroxylation sites is 2. The first-order valence-corrected chi connectivity index (χ1v) is 9.83. The average Bonchev–Trinajstić information content (AvgIpc) is 2.99. The van der Waals surface area contributed by atoms with Gasteiger partial charge in [-0.1, -0.05) is 12.1 Å². The van der Waals surface area contributed by atoms with Gasteiger partial charge in [-0.25, -0.2) is 4.98 Å². The van der Waals surface area contributed by atoms with Gasteiger partial charge in [0.15, 0.2) is 5.96 Å². The molecule has 1 unspecified atom stereocenters. The van der Waals surface area contributed by atoms with Gasteiger partial charge in [0.25, 0.3) is 0 Å². The highest BCUT2D eigenvalue weighted by Crippen LogP contribution is 2.15. The molecule has 1 aromatic heterocycles. The number of benzene rings is 1. The third-order valence-electron chi connectivity index (χ3n) is 5.41. The maximum atomic E-state index is 4.64. The lowest BCUT2D eigenvalue weighted by atomic mass is 10.2. The maximum Gasteiger partial charge on any atom is 0.191 e. The smallest absolute Gasteiger partial charge is 0.191 e. The van der Waals surface area contributed by atoms with E-state index in [9.17, 15) is 0 Å². The van der Waals surface area contributed by atoms with Gasteiger partial charge in [-0.2, -0.15) is 0 Å². The van der Waals surface area contributed by atoms with Crippen LogP contribution in [0.25, 0.3) is 11.0 Å². The Balaban J connectivity index is 0.00000280. The zero-order valence-electron chi connectivity index (χ0n) is 17.5. The standard InChI is InChI=1S/C20H33N7.HI/c1-16-24-18-8-5-6-9-19(18)27(16)11-7-10-22-20(21-2)23-14-17-15-25(3)12-13-26(17)4;/h5-6,8-9,17H,7,10-15H2,1-4H3,(H2,21,22,23);1H. The first kappa shape index (κ1) is 22.9. The normalized spacial score (nSPS) is 18.9. The largest absolute Gasteiger partial charge is 0.356 e. The first-order chi connectivity index (χ1) is 13.1. The van der Waals surface area contributed by atoms with Crippen molar-refractivity contribution in [1.29, 1.82) is 0 Å². The Morgan fingerprint density at radius 1 is 1.21 bits per heavy atom. The number of fused-ring (bicyclic) bond motifs is 1. The van der Waals surface area contributed by atoms with Gasteiger partial charge < -0.3 is 20.1 Å². The van der Waals surface area contributed by atoms with Crippen LogP contribution in [0.15, 0.2) is 29.3 Å². The van der Waals surface area contributed by atoms with E-state index in [-0.39, 0.29) is 24.0 Å². The molecule has 0 bridgehead atoms. The van der Waals surface area contributed by atoms with Gasteiger partial charge in [0.1, 0.15) is 5.82 Å². The molecule has 3 rings (SSSR count). The van der Waals surface area contributed by atoms with Crippen molar-refractivity contribution in [1.82, 2.24) is 30.0 Å². The van der Waals surface area contributed by atoms with Crippen molar-refractivity contribution in [2.45, 2.75) is 25.9 Å². The second-order valence-electron chi connectivity index (χ2n) is 7.43. The van der Waals surface area contributed by atoms with E-state index in [1.54, 1.807) is 0 Å². The molecular weight excluding hydrogens is 465 g/mol. The number of halogens is 1. The van der Waals surface area contributed by atoms with E-state index < -0.39 is 0 Å². The number of nitrogens with one attached hydrogen (secondary N) is 2. The van der Waals surface area contributed by atoms with Gasteiger partial charge in [-0.3, -0.25) is 9.89 Å².